The summed E-state index contributed by atoms with van der Waals surface area (Å²) < 4.78 is 5.78. The fourth-order valence-electron chi connectivity index (χ4n) is 3.83. The molecule has 0 radical (unpaired) electrons. The predicted octanol–water partition coefficient (Wildman–Crippen LogP) is 1.07. The van der Waals surface area contributed by atoms with Gasteiger partial charge in [-0.2, -0.15) is 4.37 Å². The molecule has 2 aromatic rings. The molecule has 3 amide bonds. The highest BCUT2D eigenvalue weighted by Gasteiger charge is 2.24. The first-order chi connectivity index (χ1) is 14.1. The summed E-state index contributed by atoms with van der Waals surface area (Å²) in [5.41, 5.74) is 0. The Labute approximate surface area is 173 Å². The third-order valence-electron chi connectivity index (χ3n) is 5.46. The zero-order chi connectivity index (χ0) is 20.2. The monoisotopic (exact) mass is 415 g/mol. The zero-order valence-electron chi connectivity index (χ0n) is 16.3. The van der Waals surface area contributed by atoms with Crippen LogP contribution in [0.4, 0.5) is 5.82 Å². The van der Waals surface area contributed by atoms with Crippen molar-refractivity contribution in [3.8, 4) is 0 Å². The lowest BCUT2D eigenvalue weighted by Crippen LogP contribution is -2.50. The van der Waals surface area contributed by atoms with Gasteiger partial charge in [-0.1, -0.05) is 12.1 Å². The number of benzene rings is 1. The second kappa shape index (κ2) is 8.77. The van der Waals surface area contributed by atoms with E-state index in [0.29, 0.717) is 45.4 Å². The second-order valence-corrected chi connectivity index (χ2v) is 8.19. The molecule has 0 aliphatic carbocycles. The SMILES string of the molecule is O=C1CN(C(=O)CCCC(=O)N2CCN(c3nsc4ccccc34)CC2)CCN1. The van der Waals surface area contributed by atoms with E-state index >= 15 is 0 Å². The van der Waals surface area contributed by atoms with Crippen LogP contribution in [0.5, 0.6) is 0 Å². The number of piperazine rings is 2. The summed E-state index contributed by atoms with van der Waals surface area (Å²) in [7, 11) is 0. The molecule has 29 heavy (non-hydrogen) atoms. The summed E-state index contributed by atoms with van der Waals surface area (Å²) in [5, 5.41) is 3.87. The van der Waals surface area contributed by atoms with Crippen molar-refractivity contribution in [2.75, 3.05) is 50.7 Å². The van der Waals surface area contributed by atoms with Crippen molar-refractivity contribution in [2.45, 2.75) is 19.3 Å². The third-order valence-corrected chi connectivity index (χ3v) is 6.28. The molecule has 2 aliphatic heterocycles. The average Bonchev–Trinajstić information content (AvgIpc) is 3.18. The van der Waals surface area contributed by atoms with Gasteiger partial charge in [0.2, 0.25) is 17.7 Å². The van der Waals surface area contributed by atoms with Crippen LogP contribution in [-0.2, 0) is 14.4 Å². The van der Waals surface area contributed by atoms with Crippen molar-refractivity contribution >= 4 is 45.2 Å². The quantitative estimate of drug-likeness (QED) is 0.790. The van der Waals surface area contributed by atoms with Crippen LogP contribution >= 0.6 is 11.5 Å². The number of fused-ring (bicyclic) bond motifs is 1. The number of hydrogen-bond acceptors (Lipinski definition) is 6. The lowest BCUT2D eigenvalue weighted by atomic mass is 10.1. The highest BCUT2D eigenvalue weighted by atomic mass is 32.1. The van der Waals surface area contributed by atoms with Crippen LogP contribution in [0.1, 0.15) is 19.3 Å². The number of nitrogens with zero attached hydrogens (tertiary/aromatic N) is 4. The highest BCUT2D eigenvalue weighted by Crippen LogP contribution is 2.29. The number of amides is 3. The van der Waals surface area contributed by atoms with Gasteiger partial charge in [0.25, 0.3) is 0 Å². The van der Waals surface area contributed by atoms with Gasteiger partial charge in [-0.3, -0.25) is 14.4 Å². The van der Waals surface area contributed by atoms with Crippen LogP contribution < -0.4 is 10.2 Å². The molecule has 0 spiro atoms. The Bertz CT molecular complexity index is 906. The Balaban J connectivity index is 1.22. The summed E-state index contributed by atoms with van der Waals surface area (Å²) >= 11 is 1.51. The maximum atomic E-state index is 12.5. The topological polar surface area (TPSA) is 85.9 Å². The molecule has 2 fully saturated rings. The van der Waals surface area contributed by atoms with E-state index in [1.807, 2.05) is 17.0 Å². The number of aromatic nitrogens is 1. The standard InChI is InChI=1S/C20H25N5O3S/c26-17-14-25(9-8-21-17)19(28)7-3-6-18(27)23-10-12-24(13-11-23)20-15-4-1-2-5-16(15)29-22-20/h1-2,4-5H,3,6-14H2,(H,21,26). The van der Waals surface area contributed by atoms with E-state index in [2.05, 4.69) is 26.7 Å². The van der Waals surface area contributed by atoms with E-state index in [1.165, 1.54) is 21.6 Å². The minimum Gasteiger partial charge on any atom is -0.353 e. The third kappa shape index (κ3) is 4.50. The number of rotatable bonds is 5. The van der Waals surface area contributed by atoms with Gasteiger partial charge in [0, 0.05) is 57.5 Å². The zero-order valence-corrected chi connectivity index (χ0v) is 17.1. The minimum atomic E-state index is -0.119. The Morgan fingerprint density at radius 1 is 1.00 bits per heavy atom. The smallest absolute Gasteiger partial charge is 0.239 e. The summed E-state index contributed by atoms with van der Waals surface area (Å²) in [5.74, 6) is 0.935. The highest BCUT2D eigenvalue weighted by molar-refractivity contribution is 7.13. The molecular formula is C20H25N5O3S. The van der Waals surface area contributed by atoms with Crippen molar-refractivity contribution < 1.29 is 14.4 Å². The fourth-order valence-corrected chi connectivity index (χ4v) is 4.62. The van der Waals surface area contributed by atoms with Crippen molar-refractivity contribution in [2.24, 2.45) is 0 Å². The van der Waals surface area contributed by atoms with Crippen molar-refractivity contribution in [1.29, 1.82) is 0 Å². The molecule has 3 heterocycles. The van der Waals surface area contributed by atoms with Crippen LogP contribution in [0.15, 0.2) is 24.3 Å². The van der Waals surface area contributed by atoms with Gasteiger partial charge in [0.05, 0.1) is 11.2 Å². The van der Waals surface area contributed by atoms with Crippen LogP contribution in [-0.4, -0.2) is 77.7 Å². The normalized spacial score (nSPS) is 17.5. The molecule has 0 bridgehead atoms. The first kappa shape index (κ1) is 19.6. The van der Waals surface area contributed by atoms with Gasteiger partial charge in [-0.15, -0.1) is 0 Å². The van der Waals surface area contributed by atoms with Gasteiger partial charge >= 0.3 is 0 Å². The molecule has 8 nitrogen and oxygen atoms in total. The fraction of sp³-hybridized carbons (Fsp3) is 0.500. The summed E-state index contributed by atoms with van der Waals surface area (Å²) in [6.07, 6.45) is 1.20. The molecule has 1 aromatic heterocycles. The number of carbonyl (C=O) groups is 3. The van der Waals surface area contributed by atoms with Crippen LogP contribution in [0, 0.1) is 0 Å². The Hall–Kier alpha value is -2.68. The molecule has 154 valence electrons. The van der Waals surface area contributed by atoms with Gasteiger partial charge in [0.15, 0.2) is 0 Å². The van der Waals surface area contributed by atoms with Gasteiger partial charge in [0.1, 0.15) is 5.82 Å². The number of nitrogens with one attached hydrogen (secondary N) is 1. The molecule has 2 saturated heterocycles. The molecule has 1 aromatic carbocycles. The Kier molecular flexibility index (Phi) is 5.94. The van der Waals surface area contributed by atoms with Crippen LogP contribution in [0.2, 0.25) is 0 Å². The molecule has 0 saturated carbocycles. The van der Waals surface area contributed by atoms with Crippen molar-refractivity contribution in [1.82, 2.24) is 19.5 Å². The second-order valence-electron chi connectivity index (χ2n) is 7.39. The molecule has 2 aliphatic rings. The molecule has 1 N–H and O–H groups in total. The Morgan fingerprint density at radius 2 is 1.72 bits per heavy atom. The van der Waals surface area contributed by atoms with Crippen LogP contribution in [0.3, 0.4) is 0 Å². The first-order valence-corrected chi connectivity index (χ1v) is 10.8. The van der Waals surface area contributed by atoms with Gasteiger partial charge in [-0.25, -0.2) is 0 Å². The summed E-state index contributed by atoms with van der Waals surface area (Å²) in [4.78, 5) is 41.8. The molecular weight excluding hydrogens is 390 g/mol. The number of carbonyl (C=O) groups excluding carboxylic acids is 3. The molecule has 4 rings (SSSR count). The maximum absolute atomic E-state index is 12.5. The number of hydrogen-bond donors (Lipinski definition) is 1. The molecule has 0 atom stereocenters. The lowest BCUT2D eigenvalue weighted by Gasteiger charge is -2.35. The molecule has 9 heteroatoms. The predicted molar refractivity (Wildman–Crippen MR) is 112 cm³/mol. The van der Waals surface area contributed by atoms with E-state index in [0.717, 1.165) is 18.9 Å². The summed E-state index contributed by atoms with van der Waals surface area (Å²) in [6.45, 7) is 4.05. The summed E-state index contributed by atoms with van der Waals surface area (Å²) in [6, 6.07) is 8.21. The first-order valence-electron chi connectivity index (χ1n) is 10.0. The van der Waals surface area contributed by atoms with E-state index in [9.17, 15) is 14.4 Å². The van der Waals surface area contributed by atoms with Gasteiger partial charge < -0.3 is 20.0 Å². The lowest BCUT2D eigenvalue weighted by molar-refractivity contribution is -0.138. The van der Waals surface area contributed by atoms with Crippen molar-refractivity contribution in [3.63, 3.8) is 0 Å². The molecule has 0 unspecified atom stereocenters. The minimum absolute atomic E-state index is 0.0483. The maximum Gasteiger partial charge on any atom is 0.239 e. The van der Waals surface area contributed by atoms with Gasteiger partial charge in [-0.05, 0) is 30.1 Å². The number of anilines is 1. The van der Waals surface area contributed by atoms with E-state index in [4.69, 9.17) is 0 Å². The van der Waals surface area contributed by atoms with Crippen molar-refractivity contribution in [3.05, 3.63) is 24.3 Å². The average molecular weight is 416 g/mol. The van der Waals surface area contributed by atoms with E-state index in [-0.39, 0.29) is 24.3 Å². The largest absolute Gasteiger partial charge is 0.353 e. The Morgan fingerprint density at radius 3 is 2.48 bits per heavy atom. The van der Waals surface area contributed by atoms with Crippen LogP contribution in [0.25, 0.3) is 10.1 Å². The van der Waals surface area contributed by atoms with E-state index in [1.54, 1.807) is 4.90 Å². The van der Waals surface area contributed by atoms with E-state index < -0.39 is 0 Å².